The van der Waals surface area contributed by atoms with Crippen LogP contribution in [0.1, 0.15) is 56.8 Å². The molecule has 2 aliphatic rings. The highest BCUT2D eigenvalue weighted by Gasteiger charge is 2.18. The van der Waals surface area contributed by atoms with Gasteiger partial charge >= 0.3 is 0 Å². The first-order valence-corrected chi connectivity index (χ1v) is 8.09. The molecule has 1 aromatic rings. The van der Waals surface area contributed by atoms with E-state index in [0.29, 0.717) is 0 Å². The molecule has 0 amide bonds. The number of nitrogens with zero attached hydrogens (tertiary/aromatic N) is 2. The summed E-state index contributed by atoms with van der Waals surface area (Å²) in [5.41, 5.74) is 2.86. The molecule has 0 bridgehead atoms. The first-order chi connectivity index (χ1) is 9.33. The van der Waals surface area contributed by atoms with Crippen molar-refractivity contribution in [3.63, 3.8) is 0 Å². The van der Waals surface area contributed by atoms with Gasteiger partial charge in [-0.1, -0.05) is 6.92 Å². The average molecular weight is 261 g/mol. The quantitative estimate of drug-likeness (QED) is 0.903. The van der Waals surface area contributed by atoms with Gasteiger partial charge in [0.1, 0.15) is 0 Å². The van der Waals surface area contributed by atoms with E-state index in [1.165, 1.54) is 62.8 Å². The lowest BCUT2D eigenvalue weighted by molar-refractivity contribution is 0.305. The molecular weight excluding hydrogens is 234 g/mol. The van der Waals surface area contributed by atoms with E-state index in [0.717, 1.165) is 25.0 Å². The molecule has 3 heteroatoms. The summed E-state index contributed by atoms with van der Waals surface area (Å²) in [6.07, 6.45) is 12.7. The Labute approximate surface area is 116 Å². The number of aromatic nitrogens is 2. The lowest BCUT2D eigenvalue weighted by atomic mass is 9.87. The van der Waals surface area contributed by atoms with Crippen molar-refractivity contribution >= 4 is 0 Å². The molecule has 0 aromatic carbocycles. The van der Waals surface area contributed by atoms with Crippen molar-refractivity contribution in [1.29, 1.82) is 0 Å². The fraction of sp³-hybridized carbons (Fsp3) is 0.812. The van der Waals surface area contributed by atoms with E-state index in [1.54, 1.807) is 0 Å². The first-order valence-electron chi connectivity index (χ1n) is 8.09. The minimum atomic E-state index is 0.760. The van der Waals surface area contributed by atoms with Gasteiger partial charge in [0.15, 0.2) is 0 Å². The Morgan fingerprint density at radius 1 is 1.21 bits per heavy atom. The van der Waals surface area contributed by atoms with Crippen LogP contribution in [0, 0.1) is 5.92 Å². The molecule has 2 aliphatic carbocycles. The van der Waals surface area contributed by atoms with Gasteiger partial charge in [0.05, 0.1) is 12.0 Å². The van der Waals surface area contributed by atoms with Gasteiger partial charge in [-0.2, -0.15) is 0 Å². The number of hydrogen-bond acceptors (Lipinski definition) is 2. The summed E-state index contributed by atoms with van der Waals surface area (Å²) >= 11 is 0. The van der Waals surface area contributed by atoms with E-state index < -0.39 is 0 Å². The van der Waals surface area contributed by atoms with Gasteiger partial charge in [0.25, 0.3) is 0 Å². The summed E-state index contributed by atoms with van der Waals surface area (Å²) in [7, 11) is 0. The van der Waals surface area contributed by atoms with Crippen molar-refractivity contribution in [2.75, 3.05) is 6.54 Å². The third kappa shape index (κ3) is 3.19. The van der Waals surface area contributed by atoms with Crippen LogP contribution in [0.3, 0.4) is 0 Å². The second-order valence-electron chi connectivity index (χ2n) is 6.45. The second kappa shape index (κ2) is 6.08. The summed E-state index contributed by atoms with van der Waals surface area (Å²) in [6, 6.07) is 0.760. The van der Waals surface area contributed by atoms with Gasteiger partial charge in [0.2, 0.25) is 0 Å². The van der Waals surface area contributed by atoms with Crippen molar-refractivity contribution in [1.82, 2.24) is 14.9 Å². The Balaban J connectivity index is 1.46. The van der Waals surface area contributed by atoms with Gasteiger partial charge in [-0.05, 0) is 57.3 Å². The van der Waals surface area contributed by atoms with Gasteiger partial charge in [0, 0.05) is 24.8 Å². The molecule has 0 spiro atoms. The highest BCUT2D eigenvalue weighted by molar-refractivity contribution is 5.16. The predicted octanol–water partition coefficient (Wildman–Crippen LogP) is 2.93. The molecule has 1 aromatic heterocycles. The Kier molecular flexibility index (Phi) is 4.21. The highest BCUT2D eigenvalue weighted by atomic mass is 15.1. The van der Waals surface area contributed by atoms with Crippen LogP contribution in [0.4, 0.5) is 0 Å². The second-order valence-corrected chi connectivity index (χ2v) is 6.45. The van der Waals surface area contributed by atoms with Crippen LogP contribution in [-0.4, -0.2) is 22.1 Å². The third-order valence-corrected chi connectivity index (χ3v) is 4.91. The minimum absolute atomic E-state index is 0.760. The average Bonchev–Trinajstić information content (AvgIpc) is 2.85. The van der Waals surface area contributed by atoms with Gasteiger partial charge in [-0.3, -0.25) is 0 Å². The number of rotatable bonds is 4. The Hall–Kier alpha value is -0.830. The Bertz CT molecular complexity index is 402. The molecule has 1 saturated carbocycles. The maximum Gasteiger partial charge on any atom is 0.0952 e. The van der Waals surface area contributed by atoms with Crippen molar-refractivity contribution in [3.8, 4) is 0 Å². The van der Waals surface area contributed by atoms with E-state index >= 15 is 0 Å². The van der Waals surface area contributed by atoms with Gasteiger partial charge in [-0.15, -0.1) is 0 Å². The molecule has 0 radical (unpaired) electrons. The zero-order chi connectivity index (χ0) is 13.1. The van der Waals surface area contributed by atoms with E-state index in [9.17, 15) is 0 Å². The summed E-state index contributed by atoms with van der Waals surface area (Å²) in [6.45, 7) is 4.57. The van der Waals surface area contributed by atoms with Crippen molar-refractivity contribution in [3.05, 3.63) is 17.7 Å². The SMILES string of the molecule is CC1CCC(NCCn2cnc3c2CCCC3)CC1. The first kappa shape index (κ1) is 13.2. The number of fused-ring (bicyclic) bond motifs is 1. The predicted molar refractivity (Wildman–Crippen MR) is 78.3 cm³/mol. The van der Waals surface area contributed by atoms with Crippen LogP contribution in [0.2, 0.25) is 0 Å². The van der Waals surface area contributed by atoms with Crippen molar-refractivity contribution in [2.24, 2.45) is 5.92 Å². The van der Waals surface area contributed by atoms with Crippen LogP contribution >= 0.6 is 0 Å². The highest BCUT2D eigenvalue weighted by Crippen LogP contribution is 2.23. The molecule has 1 N–H and O–H groups in total. The van der Waals surface area contributed by atoms with Crippen LogP contribution < -0.4 is 5.32 Å². The normalized spacial score (nSPS) is 27.2. The molecule has 106 valence electrons. The zero-order valence-electron chi connectivity index (χ0n) is 12.2. The molecule has 3 nitrogen and oxygen atoms in total. The number of hydrogen-bond donors (Lipinski definition) is 1. The number of aryl methyl sites for hydroxylation is 1. The van der Waals surface area contributed by atoms with Crippen LogP contribution in [0.5, 0.6) is 0 Å². The van der Waals surface area contributed by atoms with E-state index in [1.807, 2.05) is 0 Å². The van der Waals surface area contributed by atoms with Crippen LogP contribution in [-0.2, 0) is 19.4 Å². The molecular formula is C16H27N3. The van der Waals surface area contributed by atoms with Crippen molar-refractivity contribution < 1.29 is 0 Å². The number of nitrogens with one attached hydrogen (secondary N) is 1. The summed E-state index contributed by atoms with van der Waals surface area (Å²) in [5, 5.41) is 3.74. The smallest absolute Gasteiger partial charge is 0.0952 e. The summed E-state index contributed by atoms with van der Waals surface area (Å²) in [4.78, 5) is 4.57. The van der Waals surface area contributed by atoms with E-state index in [2.05, 4.69) is 28.1 Å². The monoisotopic (exact) mass is 261 g/mol. The molecule has 0 aliphatic heterocycles. The fourth-order valence-electron chi connectivity index (χ4n) is 3.58. The maximum absolute atomic E-state index is 4.57. The topological polar surface area (TPSA) is 29.9 Å². The fourth-order valence-corrected chi connectivity index (χ4v) is 3.58. The molecule has 0 atom stereocenters. The lowest BCUT2D eigenvalue weighted by Crippen LogP contribution is -2.35. The van der Waals surface area contributed by atoms with Gasteiger partial charge in [-0.25, -0.2) is 4.98 Å². The van der Waals surface area contributed by atoms with E-state index in [-0.39, 0.29) is 0 Å². The van der Waals surface area contributed by atoms with E-state index in [4.69, 9.17) is 0 Å². The molecule has 0 unspecified atom stereocenters. The molecule has 3 rings (SSSR count). The lowest BCUT2D eigenvalue weighted by Gasteiger charge is -2.27. The zero-order valence-corrected chi connectivity index (χ0v) is 12.2. The van der Waals surface area contributed by atoms with Gasteiger partial charge < -0.3 is 9.88 Å². The van der Waals surface area contributed by atoms with Crippen LogP contribution in [0.25, 0.3) is 0 Å². The Morgan fingerprint density at radius 3 is 2.84 bits per heavy atom. The molecule has 1 heterocycles. The van der Waals surface area contributed by atoms with Crippen LogP contribution in [0.15, 0.2) is 6.33 Å². The molecule has 1 fully saturated rings. The molecule has 19 heavy (non-hydrogen) atoms. The number of imidazole rings is 1. The third-order valence-electron chi connectivity index (χ3n) is 4.91. The summed E-state index contributed by atoms with van der Waals surface area (Å²) in [5.74, 6) is 0.943. The standard InChI is InChI=1S/C16H27N3/c1-13-6-8-14(9-7-13)17-10-11-19-12-18-15-4-2-3-5-16(15)19/h12-14,17H,2-11H2,1H3. The minimum Gasteiger partial charge on any atom is -0.333 e. The maximum atomic E-state index is 4.57. The largest absolute Gasteiger partial charge is 0.333 e. The Morgan fingerprint density at radius 2 is 2.00 bits per heavy atom. The van der Waals surface area contributed by atoms with Crippen molar-refractivity contribution in [2.45, 2.75) is 70.9 Å². The molecule has 0 saturated heterocycles. The summed E-state index contributed by atoms with van der Waals surface area (Å²) < 4.78 is 2.38.